The Morgan fingerprint density at radius 2 is 1.67 bits per heavy atom. The summed E-state index contributed by atoms with van der Waals surface area (Å²) in [7, 11) is 0. The molecule has 1 unspecified atom stereocenters. The molecule has 2 amide bonds. The number of ether oxygens (including phenoxy) is 2. The van der Waals surface area contributed by atoms with Crippen LogP contribution in [-0.2, 0) is 19.1 Å². The number of rotatable bonds is 9. The van der Waals surface area contributed by atoms with Crippen LogP contribution in [0.5, 0.6) is 0 Å². The van der Waals surface area contributed by atoms with Crippen molar-refractivity contribution >= 4 is 18.0 Å². The van der Waals surface area contributed by atoms with Crippen molar-refractivity contribution in [3.8, 4) is 11.1 Å². The molecule has 1 heterocycles. The van der Waals surface area contributed by atoms with E-state index < -0.39 is 18.1 Å². The van der Waals surface area contributed by atoms with Crippen LogP contribution in [0.25, 0.3) is 11.1 Å². The molecule has 0 spiro atoms. The first-order valence-electron chi connectivity index (χ1n) is 11.2. The molecule has 0 saturated carbocycles. The predicted octanol–water partition coefficient (Wildman–Crippen LogP) is 3.01. The van der Waals surface area contributed by atoms with Gasteiger partial charge in [-0.15, -0.1) is 0 Å². The molecule has 1 aliphatic carbocycles. The highest BCUT2D eigenvalue weighted by atomic mass is 16.5. The van der Waals surface area contributed by atoms with E-state index in [1.165, 1.54) is 16.0 Å². The first kappa shape index (κ1) is 22.8. The Bertz CT molecular complexity index is 978. The summed E-state index contributed by atoms with van der Waals surface area (Å²) in [5.41, 5.74) is 4.66. The first-order chi connectivity index (χ1) is 16.1. The van der Waals surface area contributed by atoms with Crippen LogP contribution in [0.15, 0.2) is 48.5 Å². The van der Waals surface area contributed by atoms with Gasteiger partial charge in [0.15, 0.2) is 0 Å². The summed E-state index contributed by atoms with van der Waals surface area (Å²) in [4.78, 5) is 36.9. The van der Waals surface area contributed by atoms with E-state index in [0.29, 0.717) is 19.4 Å². The lowest BCUT2D eigenvalue weighted by molar-refractivity contribution is -0.148. The van der Waals surface area contributed by atoms with Gasteiger partial charge >= 0.3 is 12.1 Å². The van der Waals surface area contributed by atoms with Crippen LogP contribution >= 0.6 is 0 Å². The van der Waals surface area contributed by atoms with Crippen LogP contribution < -0.4 is 5.32 Å². The van der Waals surface area contributed by atoms with Gasteiger partial charge in [-0.1, -0.05) is 48.5 Å². The summed E-state index contributed by atoms with van der Waals surface area (Å²) < 4.78 is 10.9. The van der Waals surface area contributed by atoms with Gasteiger partial charge in [-0.05, 0) is 35.1 Å². The number of carboxylic acid groups (broad SMARTS) is 1. The van der Waals surface area contributed by atoms with Gasteiger partial charge in [0.25, 0.3) is 0 Å². The number of fused-ring (bicyclic) bond motifs is 3. The molecular weight excluding hydrogens is 424 g/mol. The van der Waals surface area contributed by atoms with E-state index in [0.717, 1.165) is 11.1 Å². The Labute approximate surface area is 192 Å². The maximum Gasteiger partial charge on any atom is 0.407 e. The molecule has 8 nitrogen and oxygen atoms in total. The molecule has 1 saturated heterocycles. The van der Waals surface area contributed by atoms with Crippen molar-refractivity contribution in [3.05, 3.63) is 59.7 Å². The van der Waals surface area contributed by atoms with Crippen LogP contribution in [-0.4, -0.2) is 66.9 Å². The number of nitrogens with one attached hydrogen (secondary N) is 1. The lowest BCUT2D eigenvalue weighted by Crippen LogP contribution is -2.40. The number of hydrogen-bond acceptors (Lipinski definition) is 5. The molecule has 1 aliphatic heterocycles. The third-order valence-corrected chi connectivity index (χ3v) is 6.18. The second-order valence-corrected chi connectivity index (χ2v) is 8.20. The summed E-state index contributed by atoms with van der Waals surface area (Å²) in [5.74, 6) is -1.18. The van der Waals surface area contributed by atoms with Crippen LogP contribution in [0.4, 0.5) is 4.79 Å². The molecule has 1 fully saturated rings. The summed E-state index contributed by atoms with van der Waals surface area (Å²) in [6.45, 7) is 1.38. The van der Waals surface area contributed by atoms with E-state index in [4.69, 9.17) is 14.6 Å². The van der Waals surface area contributed by atoms with Gasteiger partial charge in [0.05, 0.1) is 19.6 Å². The Balaban J connectivity index is 1.15. The summed E-state index contributed by atoms with van der Waals surface area (Å²) in [6.07, 6.45) is 0.798. The average molecular weight is 453 g/mol. The molecule has 0 bridgehead atoms. The van der Waals surface area contributed by atoms with Crippen LogP contribution in [0.3, 0.4) is 0 Å². The van der Waals surface area contributed by atoms with Crippen LogP contribution in [0, 0.1) is 0 Å². The Morgan fingerprint density at radius 1 is 1.00 bits per heavy atom. The fourth-order valence-corrected chi connectivity index (χ4v) is 4.60. The van der Waals surface area contributed by atoms with Gasteiger partial charge in [0, 0.05) is 19.0 Å². The molecule has 1 atom stereocenters. The van der Waals surface area contributed by atoms with E-state index in [1.807, 2.05) is 24.3 Å². The Hall–Kier alpha value is -3.39. The number of amides is 2. The van der Waals surface area contributed by atoms with Gasteiger partial charge in [0.2, 0.25) is 5.91 Å². The molecule has 0 aromatic heterocycles. The zero-order valence-electron chi connectivity index (χ0n) is 18.4. The van der Waals surface area contributed by atoms with Crippen molar-refractivity contribution in [1.29, 1.82) is 0 Å². The summed E-state index contributed by atoms with van der Waals surface area (Å²) in [5, 5.41) is 11.8. The SMILES string of the molecule is O=C(NCCOCCC(=O)N1CCCC1C(=O)O)OCC1c2ccccc2-c2ccccc21. The van der Waals surface area contributed by atoms with Gasteiger partial charge in [-0.2, -0.15) is 0 Å². The minimum atomic E-state index is -0.964. The second kappa shape index (κ2) is 10.5. The number of nitrogens with zero attached hydrogens (tertiary/aromatic N) is 1. The standard InChI is InChI=1S/C25H28N2O6/c28-23(27-13-5-10-22(27)24(29)30)11-14-32-15-12-26-25(31)33-16-21-19-8-3-1-6-17(19)18-7-2-4-9-20(18)21/h1-4,6-9,21-22H,5,10-16H2,(H,26,31)(H,29,30). The number of likely N-dealkylation sites (tertiary alicyclic amines) is 1. The van der Waals surface area contributed by atoms with Crippen molar-refractivity contribution in [2.45, 2.75) is 31.2 Å². The molecule has 2 N–H and O–H groups in total. The molecule has 0 radical (unpaired) electrons. The van der Waals surface area contributed by atoms with Crippen molar-refractivity contribution < 1.29 is 29.0 Å². The quantitative estimate of drug-likeness (QED) is 0.567. The highest BCUT2D eigenvalue weighted by molar-refractivity contribution is 5.84. The zero-order chi connectivity index (χ0) is 23.2. The van der Waals surface area contributed by atoms with E-state index >= 15 is 0 Å². The van der Waals surface area contributed by atoms with Gasteiger partial charge in [-0.25, -0.2) is 9.59 Å². The number of carbonyl (C=O) groups excluding carboxylic acids is 2. The number of carboxylic acids is 1. The highest BCUT2D eigenvalue weighted by Gasteiger charge is 2.33. The Kier molecular flexibility index (Phi) is 7.24. The van der Waals surface area contributed by atoms with Crippen molar-refractivity contribution in [2.24, 2.45) is 0 Å². The fourth-order valence-electron chi connectivity index (χ4n) is 4.60. The minimum Gasteiger partial charge on any atom is -0.480 e. The molecule has 8 heteroatoms. The monoisotopic (exact) mass is 452 g/mol. The lowest BCUT2D eigenvalue weighted by Gasteiger charge is -2.21. The van der Waals surface area contributed by atoms with Gasteiger partial charge in [0.1, 0.15) is 12.6 Å². The fraction of sp³-hybridized carbons (Fsp3) is 0.400. The highest BCUT2D eigenvalue weighted by Crippen LogP contribution is 2.44. The topological polar surface area (TPSA) is 105 Å². The lowest BCUT2D eigenvalue weighted by atomic mass is 9.98. The molecule has 2 aliphatic rings. The Morgan fingerprint density at radius 3 is 2.33 bits per heavy atom. The molecule has 33 heavy (non-hydrogen) atoms. The van der Waals surface area contributed by atoms with E-state index in [2.05, 4.69) is 29.6 Å². The van der Waals surface area contributed by atoms with Crippen LogP contribution in [0.2, 0.25) is 0 Å². The normalized spacial score (nSPS) is 16.8. The summed E-state index contributed by atoms with van der Waals surface area (Å²) >= 11 is 0. The number of aliphatic carboxylic acids is 1. The van der Waals surface area contributed by atoms with Gasteiger partial charge < -0.3 is 24.8 Å². The number of hydrogen-bond donors (Lipinski definition) is 2. The number of carbonyl (C=O) groups is 3. The molecule has 4 rings (SSSR count). The number of benzene rings is 2. The number of alkyl carbamates (subject to hydrolysis) is 1. The zero-order valence-corrected chi connectivity index (χ0v) is 18.4. The maximum atomic E-state index is 12.2. The van der Waals surface area contributed by atoms with Crippen molar-refractivity contribution in [2.75, 3.05) is 32.9 Å². The summed E-state index contributed by atoms with van der Waals surface area (Å²) in [6, 6.07) is 15.6. The minimum absolute atomic E-state index is 0.00521. The molecular formula is C25H28N2O6. The van der Waals surface area contributed by atoms with Crippen molar-refractivity contribution in [3.63, 3.8) is 0 Å². The largest absolute Gasteiger partial charge is 0.480 e. The molecule has 174 valence electrons. The maximum absolute atomic E-state index is 12.2. The van der Waals surface area contributed by atoms with E-state index in [9.17, 15) is 14.4 Å². The van der Waals surface area contributed by atoms with Gasteiger partial charge in [-0.3, -0.25) is 4.79 Å². The average Bonchev–Trinajstić information content (AvgIpc) is 3.43. The third kappa shape index (κ3) is 5.17. The van der Waals surface area contributed by atoms with E-state index in [-0.39, 0.29) is 44.6 Å². The smallest absolute Gasteiger partial charge is 0.407 e. The predicted molar refractivity (Wildman–Crippen MR) is 121 cm³/mol. The molecule has 2 aromatic carbocycles. The van der Waals surface area contributed by atoms with Crippen molar-refractivity contribution in [1.82, 2.24) is 10.2 Å². The van der Waals surface area contributed by atoms with E-state index in [1.54, 1.807) is 0 Å². The molecule has 2 aromatic rings. The third-order valence-electron chi connectivity index (χ3n) is 6.18. The second-order valence-electron chi connectivity index (χ2n) is 8.20. The van der Waals surface area contributed by atoms with Crippen LogP contribution in [0.1, 0.15) is 36.3 Å². The first-order valence-corrected chi connectivity index (χ1v) is 11.2.